The molecule has 0 aliphatic heterocycles. The van der Waals surface area contributed by atoms with Crippen molar-refractivity contribution in [1.29, 1.82) is 0 Å². The third-order valence-electron chi connectivity index (χ3n) is 6.51. The molecule has 1 fully saturated rings. The summed E-state index contributed by atoms with van der Waals surface area (Å²) in [5, 5.41) is 7.78. The van der Waals surface area contributed by atoms with Crippen LogP contribution in [-0.2, 0) is 11.3 Å². The van der Waals surface area contributed by atoms with E-state index in [0.717, 1.165) is 60.4 Å². The predicted octanol–water partition coefficient (Wildman–Crippen LogP) is 3.79. The van der Waals surface area contributed by atoms with Crippen LogP contribution in [0.3, 0.4) is 0 Å². The summed E-state index contributed by atoms with van der Waals surface area (Å²) < 4.78 is 3.99. The number of amides is 1. The average Bonchev–Trinajstić information content (AvgIpc) is 3.31. The summed E-state index contributed by atoms with van der Waals surface area (Å²) in [7, 11) is 0. The molecule has 7 nitrogen and oxygen atoms in total. The van der Waals surface area contributed by atoms with Gasteiger partial charge in [0.05, 0.1) is 16.7 Å². The summed E-state index contributed by atoms with van der Waals surface area (Å²) in [4.78, 5) is 21.6. The predicted molar refractivity (Wildman–Crippen MR) is 120 cm³/mol. The highest BCUT2D eigenvalue weighted by atomic mass is 16.1. The molecule has 0 bridgehead atoms. The monoisotopic (exact) mass is 416 g/mol. The molecule has 1 aromatic carbocycles. The molecule has 0 spiro atoms. The van der Waals surface area contributed by atoms with Crippen molar-refractivity contribution in [1.82, 2.24) is 29.5 Å². The highest BCUT2D eigenvalue weighted by Gasteiger charge is 2.25. The van der Waals surface area contributed by atoms with Gasteiger partial charge in [-0.3, -0.25) is 4.79 Å². The van der Waals surface area contributed by atoms with E-state index in [4.69, 9.17) is 0 Å². The van der Waals surface area contributed by atoms with Crippen LogP contribution in [0.25, 0.3) is 16.7 Å². The third kappa shape index (κ3) is 3.92. The van der Waals surface area contributed by atoms with Gasteiger partial charge in [-0.15, -0.1) is 0 Å². The van der Waals surface area contributed by atoms with E-state index in [0.29, 0.717) is 18.4 Å². The zero-order valence-electron chi connectivity index (χ0n) is 18.1. The molecular weight excluding hydrogens is 388 g/mol. The number of fused-ring (bicyclic) bond motifs is 2. The molecule has 31 heavy (non-hydrogen) atoms. The van der Waals surface area contributed by atoms with Crippen molar-refractivity contribution in [2.75, 3.05) is 6.54 Å². The normalized spacial score (nSPS) is 19.2. The Morgan fingerprint density at radius 1 is 1.13 bits per heavy atom. The Morgan fingerprint density at radius 3 is 2.77 bits per heavy atom. The second kappa shape index (κ2) is 8.13. The van der Waals surface area contributed by atoms with Crippen molar-refractivity contribution in [2.24, 2.45) is 5.92 Å². The molecule has 3 aromatic heterocycles. The summed E-state index contributed by atoms with van der Waals surface area (Å²) in [6.07, 6.45) is 6.34. The van der Waals surface area contributed by atoms with E-state index in [1.165, 1.54) is 5.69 Å². The standard InChI is InChI=1S/C24H28N6O/c1-16-13-23-25-12-11-21(30(23)28-16)19-9-7-18(8-10-19)14-26-24(31)15-29-17(2)27-20-5-3-4-6-22(20)29/h3-6,11-13,18-19H,7-10,14-15H2,1-2H3,(H,26,31). The highest BCUT2D eigenvalue weighted by Crippen LogP contribution is 2.35. The molecule has 0 saturated heterocycles. The van der Waals surface area contributed by atoms with Crippen LogP contribution in [0.5, 0.6) is 0 Å². The van der Waals surface area contributed by atoms with Crippen molar-refractivity contribution in [2.45, 2.75) is 52.0 Å². The molecule has 1 N–H and O–H groups in total. The SMILES string of the molecule is Cc1cc2nccc(C3CCC(CNC(=O)Cn4c(C)nc5ccccc54)CC3)n2n1. The number of nitrogens with zero attached hydrogens (tertiary/aromatic N) is 5. The van der Waals surface area contributed by atoms with E-state index in [2.05, 4.69) is 26.4 Å². The first-order valence-electron chi connectivity index (χ1n) is 11.1. The summed E-state index contributed by atoms with van der Waals surface area (Å²) >= 11 is 0. The van der Waals surface area contributed by atoms with E-state index >= 15 is 0 Å². The zero-order valence-corrected chi connectivity index (χ0v) is 18.1. The summed E-state index contributed by atoms with van der Waals surface area (Å²) in [5.41, 5.74) is 5.11. The summed E-state index contributed by atoms with van der Waals surface area (Å²) in [6, 6.07) is 12.1. The second-order valence-electron chi connectivity index (χ2n) is 8.68. The maximum atomic E-state index is 12.6. The quantitative estimate of drug-likeness (QED) is 0.537. The van der Waals surface area contributed by atoms with Crippen LogP contribution in [0.4, 0.5) is 0 Å². The molecule has 1 amide bonds. The largest absolute Gasteiger partial charge is 0.354 e. The molecule has 5 rings (SSSR count). The van der Waals surface area contributed by atoms with Gasteiger partial charge in [-0.25, -0.2) is 14.5 Å². The Bertz CT molecular complexity index is 1230. The molecule has 1 aliphatic carbocycles. The fourth-order valence-corrected chi connectivity index (χ4v) is 4.85. The molecule has 1 aliphatic rings. The summed E-state index contributed by atoms with van der Waals surface area (Å²) in [6.45, 7) is 5.01. The Balaban J connectivity index is 1.16. The number of carbonyl (C=O) groups excluding carboxylic acids is 1. The number of hydrogen-bond donors (Lipinski definition) is 1. The Kier molecular flexibility index (Phi) is 5.18. The number of hydrogen-bond acceptors (Lipinski definition) is 4. The van der Waals surface area contributed by atoms with Gasteiger partial charge in [0.2, 0.25) is 5.91 Å². The van der Waals surface area contributed by atoms with Crippen molar-refractivity contribution in [3.8, 4) is 0 Å². The zero-order chi connectivity index (χ0) is 21.4. The lowest BCUT2D eigenvalue weighted by molar-refractivity contribution is -0.121. The van der Waals surface area contributed by atoms with Crippen LogP contribution in [0.15, 0.2) is 42.6 Å². The van der Waals surface area contributed by atoms with Gasteiger partial charge in [-0.2, -0.15) is 5.10 Å². The molecule has 0 atom stereocenters. The van der Waals surface area contributed by atoms with Gasteiger partial charge >= 0.3 is 0 Å². The Morgan fingerprint density at radius 2 is 1.94 bits per heavy atom. The van der Waals surface area contributed by atoms with E-state index in [1.807, 2.05) is 59.5 Å². The van der Waals surface area contributed by atoms with E-state index in [-0.39, 0.29) is 5.91 Å². The van der Waals surface area contributed by atoms with Crippen LogP contribution in [0.1, 0.15) is 48.8 Å². The molecule has 3 heterocycles. The first kappa shape index (κ1) is 19.7. The van der Waals surface area contributed by atoms with Crippen LogP contribution in [0.2, 0.25) is 0 Å². The minimum Gasteiger partial charge on any atom is -0.354 e. The van der Waals surface area contributed by atoms with Gasteiger partial charge in [0.25, 0.3) is 0 Å². The molecule has 7 heteroatoms. The minimum atomic E-state index is 0.0521. The Labute approximate surface area is 181 Å². The number of benzene rings is 1. The molecule has 1 saturated carbocycles. The summed E-state index contributed by atoms with van der Waals surface area (Å²) in [5.74, 6) is 1.94. The van der Waals surface area contributed by atoms with E-state index in [1.54, 1.807) is 0 Å². The fourth-order valence-electron chi connectivity index (χ4n) is 4.85. The van der Waals surface area contributed by atoms with Crippen LogP contribution < -0.4 is 5.32 Å². The van der Waals surface area contributed by atoms with Crippen LogP contribution >= 0.6 is 0 Å². The maximum absolute atomic E-state index is 12.6. The molecule has 4 aromatic rings. The van der Waals surface area contributed by atoms with Gasteiger partial charge in [0, 0.05) is 30.4 Å². The lowest BCUT2D eigenvalue weighted by atomic mass is 9.80. The van der Waals surface area contributed by atoms with Crippen molar-refractivity contribution in [3.05, 3.63) is 59.8 Å². The van der Waals surface area contributed by atoms with E-state index in [9.17, 15) is 4.79 Å². The molecule has 160 valence electrons. The van der Waals surface area contributed by atoms with E-state index < -0.39 is 0 Å². The Hall–Kier alpha value is -3.22. The number of carbonyl (C=O) groups is 1. The average molecular weight is 417 g/mol. The fraction of sp³-hybridized carbons (Fsp3) is 0.417. The maximum Gasteiger partial charge on any atom is 0.240 e. The van der Waals surface area contributed by atoms with Crippen LogP contribution in [0, 0.1) is 19.8 Å². The number of nitrogens with one attached hydrogen (secondary N) is 1. The van der Waals surface area contributed by atoms with Crippen LogP contribution in [-0.4, -0.2) is 36.6 Å². The first-order valence-corrected chi connectivity index (χ1v) is 11.1. The van der Waals surface area contributed by atoms with Gasteiger partial charge in [0.1, 0.15) is 12.4 Å². The second-order valence-corrected chi connectivity index (χ2v) is 8.68. The number of rotatable bonds is 5. The van der Waals surface area contributed by atoms with Gasteiger partial charge in [-0.05, 0) is 63.6 Å². The number of imidazole rings is 1. The molecule has 0 radical (unpaired) electrons. The smallest absolute Gasteiger partial charge is 0.240 e. The van der Waals surface area contributed by atoms with Gasteiger partial charge in [-0.1, -0.05) is 12.1 Å². The lowest BCUT2D eigenvalue weighted by Crippen LogP contribution is -2.33. The van der Waals surface area contributed by atoms with Crippen molar-refractivity contribution in [3.63, 3.8) is 0 Å². The molecule has 0 unspecified atom stereocenters. The van der Waals surface area contributed by atoms with Gasteiger partial charge < -0.3 is 9.88 Å². The van der Waals surface area contributed by atoms with Gasteiger partial charge in [0.15, 0.2) is 5.65 Å². The minimum absolute atomic E-state index is 0.0521. The number of aryl methyl sites for hydroxylation is 2. The third-order valence-corrected chi connectivity index (χ3v) is 6.51. The molecular formula is C24H28N6O. The number of para-hydroxylation sites is 2. The number of aromatic nitrogens is 5. The lowest BCUT2D eigenvalue weighted by Gasteiger charge is -2.29. The van der Waals surface area contributed by atoms with Crippen molar-refractivity contribution >= 4 is 22.6 Å². The first-order chi connectivity index (χ1) is 15.1. The topological polar surface area (TPSA) is 77.1 Å². The van der Waals surface area contributed by atoms with Crippen molar-refractivity contribution < 1.29 is 4.79 Å². The highest BCUT2D eigenvalue weighted by molar-refractivity contribution is 5.81.